The molecular formula is C11H9N3O3. The highest BCUT2D eigenvalue weighted by Crippen LogP contribution is 2.22. The molecule has 17 heavy (non-hydrogen) atoms. The Labute approximate surface area is 96.6 Å². The number of phenolic OH excluding ortho intramolecular Hbond substituents is 2. The van der Waals surface area contributed by atoms with Crippen LogP contribution in [0.15, 0.2) is 36.8 Å². The first-order chi connectivity index (χ1) is 8.16. The standard InChI is InChI=1S/C11H9N3O3/c15-7-1-2-9(16)8(5-7)11(17)14-10-6-12-3-4-13-10/h1-6,15-16H,(H,13,14,17). The first-order valence-electron chi connectivity index (χ1n) is 4.76. The summed E-state index contributed by atoms with van der Waals surface area (Å²) in [5.74, 6) is -0.629. The number of rotatable bonds is 2. The minimum Gasteiger partial charge on any atom is -0.508 e. The van der Waals surface area contributed by atoms with Gasteiger partial charge in [-0.15, -0.1) is 0 Å². The predicted octanol–water partition coefficient (Wildman–Crippen LogP) is 1.14. The maximum atomic E-state index is 11.7. The van der Waals surface area contributed by atoms with E-state index in [0.29, 0.717) is 0 Å². The van der Waals surface area contributed by atoms with Crippen LogP contribution in [-0.2, 0) is 0 Å². The Bertz CT molecular complexity index is 543. The van der Waals surface area contributed by atoms with Crippen molar-refractivity contribution in [2.24, 2.45) is 0 Å². The van der Waals surface area contributed by atoms with E-state index in [1.807, 2.05) is 0 Å². The second-order valence-corrected chi connectivity index (χ2v) is 3.25. The van der Waals surface area contributed by atoms with Crippen molar-refractivity contribution < 1.29 is 15.0 Å². The van der Waals surface area contributed by atoms with Gasteiger partial charge in [-0.1, -0.05) is 0 Å². The number of hydrogen-bond acceptors (Lipinski definition) is 5. The number of hydrogen-bond donors (Lipinski definition) is 3. The largest absolute Gasteiger partial charge is 0.508 e. The molecule has 1 heterocycles. The van der Waals surface area contributed by atoms with E-state index in [1.165, 1.54) is 36.8 Å². The molecule has 2 rings (SSSR count). The molecule has 0 aliphatic heterocycles. The molecule has 0 spiro atoms. The highest BCUT2D eigenvalue weighted by atomic mass is 16.3. The maximum Gasteiger partial charge on any atom is 0.260 e. The van der Waals surface area contributed by atoms with E-state index in [4.69, 9.17) is 0 Å². The lowest BCUT2D eigenvalue weighted by atomic mass is 10.2. The SMILES string of the molecule is O=C(Nc1cnccn1)c1cc(O)ccc1O. The van der Waals surface area contributed by atoms with Crippen LogP contribution in [0.4, 0.5) is 5.82 Å². The van der Waals surface area contributed by atoms with Crippen LogP contribution in [0.5, 0.6) is 11.5 Å². The lowest BCUT2D eigenvalue weighted by Crippen LogP contribution is -2.13. The van der Waals surface area contributed by atoms with Gasteiger partial charge in [0.2, 0.25) is 0 Å². The van der Waals surface area contributed by atoms with Crippen molar-refractivity contribution in [1.82, 2.24) is 9.97 Å². The molecule has 0 bridgehead atoms. The number of aromatic hydroxyl groups is 2. The number of amides is 1. The van der Waals surface area contributed by atoms with Gasteiger partial charge in [0, 0.05) is 12.4 Å². The van der Waals surface area contributed by atoms with Gasteiger partial charge in [-0.2, -0.15) is 0 Å². The van der Waals surface area contributed by atoms with E-state index >= 15 is 0 Å². The number of nitrogens with zero attached hydrogens (tertiary/aromatic N) is 2. The second-order valence-electron chi connectivity index (χ2n) is 3.25. The highest BCUT2D eigenvalue weighted by Gasteiger charge is 2.12. The van der Waals surface area contributed by atoms with Gasteiger partial charge >= 0.3 is 0 Å². The van der Waals surface area contributed by atoms with Gasteiger partial charge in [0.05, 0.1) is 11.8 Å². The van der Waals surface area contributed by atoms with E-state index in [9.17, 15) is 15.0 Å². The van der Waals surface area contributed by atoms with Crippen LogP contribution in [-0.4, -0.2) is 26.1 Å². The van der Waals surface area contributed by atoms with Crippen molar-refractivity contribution in [2.75, 3.05) is 5.32 Å². The zero-order chi connectivity index (χ0) is 12.3. The Morgan fingerprint density at radius 2 is 2.06 bits per heavy atom. The van der Waals surface area contributed by atoms with Crippen LogP contribution in [0.1, 0.15) is 10.4 Å². The van der Waals surface area contributed by atoms with Gasteiger partial charge in [-0.3, -0.25) is 9.78 Å². The van der Waals surface area contributed by atoms with Gasteiger partial charge in [0.15, 0.2) is 5.82 Å². The van der Waals surface area contributed by atoms with Crippen molar-refractivity contribution >= 4 is 11.7 Å². The van der Waals surface area contributed by atoms with E-state index in [1.54, 1.807) is 0 Å². The average molecular weight is 231 g/mol. The molecule has 6 nitrogen and oxygen atoms in total. The maximum absolute atomic E-state index is 11.7. The lowest BCUT2D eigenvalue weighted by Gasteiger charge is -2.05. The van der Waals surface area contributed by atoms with E-state index in [-0.39, 0.29) is 22.9 Å². The topological polar surface area (TPSA) is 95.3 Å². The molecule has 6 heteroatoms. The summed E-state index contributed by atoms with van der Waals surface area (Å²) in [4.78, 5) is 19.4. The number of carbonyl (C=O) groups is 1. The van der Waals surface area contributed by atoms with Crippen LogP contribution < -0.4 is 5.32 Å². The molecule has 0 aliphatic rings. The summed E-state index contributed by atoms with van der Waals surface area (Å²) in [5, 5.41) is 21.2. The smallest absolute Gasteiger partial charge is 0.260 e. The molecule has 1 aromatic heterocycles. The van der Waals surface area contributed by atoms with Crippen molar-refractivity contribution in [1.29, 1.82) is 0 Å². The molecule has 1 aromatic carbocycles. The third-order valence-electron chi connectivity index (χ3n) is 2.03. The number of anilines is 1. The van der Waals surface area contributed by atoms with Crippen LogP contribution in [0.2, 0.25) is 0 Å². The monoisotopic (exact) mass is 231 g/mol. The quantitative estimate of drug-likeness (QED) is 0.673. The fraction of sp³-hybridized carbons (Fsp3) is 0. The van der Waals surface area contributed by atoms with Gasteiger partial charge in [-0.05, 0) is 18.2 Å². The summed E-state index contributed by atoms with van der Waals surface area (Å²) in [7, 11) is 0. The number of nitrogens with one attached hydrogen (secondary N) is 1. The normalized spacial score (nSPS) is 9.88. The van der Waals surface area contributed by atoms with E-state index in [0.717, 1.165) is 0 Å². The van der Waals surface area contributed by atoms with Gasteiger partial charge in [-0.25, -0.2) is 4.98 Å². The van der Waals surface area contributed by atoms with Gasteiger partial charge in [0.1, 0.15) is 11.5 Å². The average Bonchev–Trinajstić information content (AvgIpc) is 2.33. The van der Waals surface area contributed by atoms with Crippen LogP contribution in [0, 0.1) is 0 Å². The van der Waals surface area contributed by atoms with Crippen molar-refractivity contribution in [2.45, 2.75) is 0 Å². The molecule has 0 saturated carbocycles. The number of phenols is 2. The Kier molecular flexibility index (Phi) is 2.87. The summed E-state index contributed by atoms with van der Waals surface area (Å²) < 4.78 is 0. The Hall–Kier alpha value is -2.63. The lowest BCUT2D eigenvalue weighted by molar-refractivity contribution is 0.102. The Morgan fingerprint density at radius 1 is 1.24 bits per heavy atom. The molecule has 86 valence electrons. The van der Waals surface area contributed by atoms with Crippen molar-refractivity contribution in [3.8, 4) is 11.5 Å². The van der Waals surface area contributed by atoms with Crippen molar-refractivity contribution in [3.05, 3.63) is 42.4 Å². The summed E-state index contributed by atoms with van der Waals surface area (Å²) >= 11 is 0. The number of carbonyl (C=O) groups excluding carboxylic acids is 1. The fourth-order valence-corrected chi connectivity index (χ4v) is 1.25. The molecular weight excluding hydrogens is 222 g/mol. The molecule has 0 unspecified atom stereocenters. The Balaban J connectivity index is 2.23. The molecule has 0 atom stereocenters. The molecule has 0 aliphatic carbocycles. The van der Waals surface area contributed by atoms with Crippen molar-refractivity contribution in [3.63, 3.8) is 0 Å². The number of aromatic nitrogens is 2. The third kappa shape index (κ3) is 2.49. The number of benzene rings is 1. The Morgan fingerprint density at radius 3 is 2.76 bits per heavy atom. The summed E-state index contributed by atoms with van der Waals surface area (Å²) in [6, 6.07) is 3.69. The summed E-state index contributed by atoms with van der Waals surface area (Å²) in [6.45, 7) is 0. The van der Waals surface area contributed by atoms with Gasteiger partial charge in [0.25, 0.3) is 5.91 Å². The molecule has 0 fully saturated rings. The third-order valence-corrected chi connectivity index (χ3v) is 2.03. The van der Waals surface area contributed by atoms with Crippen LogP contribution in [0.3, 0.4) is 0 Å². The summed E-state index contributed by atoms with van der Waals surface area (Å²) in [5.41, 5.74) is -0.0318. The fourth-order valence-electron chi connectivity index (χ4n) is 1.25. The zero-order valence-corrected chi connectivity index (χ0v) is 8.66. The molecule has 2 aromatic rings. The second kappa shape index (κ2) is 4.48. The van der Waals surface area contributed by atoms with Gasteiger partial charge < -0.3 is 15.5 Å². The van der Waals surface area contributed by atoms with Crippen LogP contribution >= 0.6 is 0 Å². The zero-order valence-electron chi connectivity index (χ0n) is 8.66. The summed E-state index contributed by atoms with van der Waals surface area (Å²) in [6.07, 6.45) is 4.27. The highest BCUT2D eigenvalue weighted by molar-refractivity contribution is 6.05. The molecule has 1 amide bonds. The molecule has 3 N–H and O–H groups in total. The first kappa shape index (κ1) is 10.9. The van der Waals surface area contributed by atoms with E-state index < -0.39 is 5.91 Å². The van der Waals surface area contributed by atoms with E-state index in [2.05, 4.69) is 15.3 Å². The minimum atomic E-state index is -0.570. The minimum absolute atomic E-state index is 0.0318. The first-order valence-corrected chi connectivity index (χ1v) is 4.76. The molecule has 0 saturated heterocycles. The molecule has 0 radical (unpaired) electrons. The van der Waals surface area contributed by atoms with Crippen LogP contribution in [0.25, 0.3) is 0 Å². The predicted molar refractivity (Wildman–Crippen MR) is 59.8 cm³/mol.